The second-order valence-corrected chi connectivity index (χ2v) is 3.55. The van der Waals surface area contributed by atoms with Crippen molar-refractivity contribution < 1.29 is 4.74 Å². The third-order valence-electron chi connectivity index (χ3n) is 2.37. The molecule has 0 bridgehead atoms. The summed E-state index contributed by atoms with van der Waals surface area (Å²) in [6, 6.07) is 3.91. The third-order valence-corrected chi connectivity index (χ3v) is 2.37. The smallest absolute Gasteiger partial charge is 0.141 e. The Balaban J connectivity index is 2.36. The predicted octanol–water partition coefficient (Wildman–Crippen LogP) is 2.21. The molecule has 0 aromatic carbocycles. The number of aromatic nitrogens is 1. The Hall–Kier alpha value is -1.05. The van der Waals surface area contributed by atoms with Crippen LogP contribution in [-0.2, 0) is 0 Å². The van der Waals surface area contributed by atoms with E-state index in [1.165, 1.54) is 0 Å². The van der Waals surface area contributed by atoms with Gasteiger partial charge in [0.2, 0.25) is 0 Å². The van der Waals surface area contributed by atoms with Crippen molar-refractivity contribution in [2.45, 2.75) is 19.8 Å². The van der Waals surface area contributed by atoms with Crippen LogP contribution in [0.25, 0.3) is 0 Å². The standard InChI is InChI=1S/C10H13NO/c1-7(2)8-6-12-9-4-3-5-11-10(8)9/h3-5,7-8H,6H2,1-2H3/t8-/m0/s1. The zero-order chi connectivity index (χ0) is 8.55. The van der Waals surface area contributed by atoms with Crippen molar-refractivity contribution in [3.05, 3.63) is 24.0 Å². The number of pyridine rings is 1. The van der Waals surface area contributed by atoms with E-state index < -0.39 is 0 Å². The molecule has 0 radical (unpaired) electrons. The predicted molar refractivity (Wildman–Crippen MR) is 47.3 cm³/mol. The molecule has 2 nitrogen and oxygen atoms in total. The Morgan fingerprint density at radius 3 is 3.17 bits per heavy atom. The summed E-state index contributed by atoms with van der Waals surface area (Å²) in [7, 11) is 0. The van der Waals surface area contributed by atoms with Crippen molar-refractivity contribution >= 4 is 0 Å². The van der Waals surface area contributed by atoms with Gasteiger partial charge in [-0.2, -0.15) is 0 Å². The molecular formula is C10H13NO. The zero-order valence-electron chi connectivity index (χ0n) is 7.45. The van der Waals surface area contributed by atoms with Crippen molar-refractivity contribution in [1.29, 1.82) is 0 Å². The Labute approximate surface area is 72.6 Å². The summed E-state index contributed by atoms with van der Waals surface area (Å²) in [4.78, 5) is 4.34. The summed E-state index contributed by atoms with van der Waals surface area (Å²) >= 11 is 0. The first-order chi connectivity index (χ1) is 5.79. The lowest BCUT2D eigenvalue weighted by Crippen LogP contribution is -2.08. The maximum atomic E-state index is 5.51. The maximum Gasteiger partial charge on any atom is 0.141 e. The first kappa shape index (κ1) is 7.59. The van der Waals surface area contributed by atoms with Gasteiger partial charge in [0, 0.05) is 12.1 Å². The average molecular weight is 163 g/mol. The zero-order valence-corrected chi connectivity index (χ0v) is 7.45. The quantitative estimate of drug-likeness (QED) is 0.633. The van der Waals surface area contributed by atoms with Crippen LogP contribution in [0.2, 0.25) is 0 Å². The molecule has 12 heavy (non-hydrogen) atoms. The van der Waals surface area contributed by atoms with E-state index >= 15 is 0 Å². The SMILES string of the molecule is CC(C)[C@@H]1COc2cccnc21. The molecule has 0 saturated heterocycles. The molecular weight excluding hydrogens is 150 g/mol. The van der Waals surface area contributed by atoms with E-state index in [4.69, 9.17) is 4.74 Å². The van der Waals surface area contributed by atoms with Crippen molar-refractivity contribution in [2.75, 3.05) is 6.61 Å². The summed E-state index contributed by atoms with van der Waals surface area (Å²) < 4.78 is 5.51. The highest BCUT2D eigenvalue weighted by molar-refractivity contribution is 5.33. The summed E-state index contributed by atoms with van der Waals surface area (Å²) in [5.74, 6) is 2.07. The van der Waals surface area contributed by atoms with Crippen molar-refractivity contribution in [3.63, 3.8) is 0 Å². The molecule has 1 aliphatic rings. The van der Waals surface area contributed by atoms with Crippen LogP contribution >= 0.6 is 0 Å². The molecule has 0 saturated carbocycles. The van der Waals surface area contributed by atoms with Crippen molar-refractivity contribution in [2.24, 2.45) is 5.92 Å². The van der Waals surface area contributed by atoms with Gasteiger partial charge in [-0.25, -0.2) is 0 Å². The van der Waals surface area contributed by atoms with Gasteiger partial charge in [0.15, 0.2) is 0 Å². The highest BCUT2D eigenvalue weighted by atomic mass is 16.5. The van der Waals surface area contributed by atoms with Gasteiger partial charge in [-0.15, -0.1) is 0 Å². The Kier molecular flexibility index (Phi) is 1.75. The second-order valence-electron chi connectivity index (χ2n) is 3.55. The topological polar surface area (TPSA) is 22.1 Å². The van der Waals surface area contributed by atoms with Gasteiger partial charge in [-0.05, 0) is 18.1 Å². The van der Waals surface area contributed by atoms with Gasteiger partial charge in [-0.3, -0.25) is 4.98 Å². The fourth-order valence-corrected chi connectivity index (χ4v) is 1.57. The van der Waals surface area contributed by atoms with Gasteiger partial charge < -0.3 is 4.74 Å². The molecule has 2 heteroatoms. The first-order valence-corrected chi connectivity index (χ1v) is 4.36. The van der Waals surface area contributed by atoms with Crippen LogP contribution in [0.3, 0.4) is 0 Å². The minimum Gasteiger partial charge on any atom is -0.491 e. The number of rotatable bonds is 1. The molecule has 2 rings (SSSR count). The van der Waals surface area contributed by atoms with E-state index in [0.717, 1.165) is 18.1 Å². The molecule has 0 unspecified atom stereocenters. The van der Waals surface area contributed by atoms with E-state index in [9.17, 15) is 0 Å². The fraction of sp³-hybridized carbons (Fsp3) is 0.500. The van der Waals surface area contributed by atoms with Crippen LogP contribution in [0.1, 0.15) is 25.5 Å². The molecule has 64 valence electrons. The third kappa shape index (κ3) is 1.07. The van der Waals surface area contributed by atoms with Crippen LogP contribution in [0.15, 0.2) is 18.3 Å². The van der Waals surface area contributed by atoms with Crippen molar-refractivity contribution in [1.82, 2.24) is 4.98 Å². The Bertz CT molecular complexity index is 283. The van der Waals surface area contributed by atoms with E-state index in [0.29, 0.717) is 11.8 Å². The molecule has 2 heterocycles. The molecule has 1 atom stereocenters. The van der Waals surface area contributed by atoms with Crippen LogP contribution in [0.5, 0.6) is 5.75 Å². The molecule has 0 fully saturated rings. The maximum absolute atomic E-state index is 5.51. The second kappa shape index (κ2) is 2.77. The molecule has 1 aromatic heterocycles. The van der Waals surface area contributed by atoms with E-state index in [2.05, 4.69) is 18.8 Å². The highest BCUT2D eigenvalue weighted by Crippen LogP contribution is 2.35. The van der Waals surface area contributed by atoms with Gasteiger partial charge in [-0.1, -0.05) is 13.8 Å². The van der Waals surface area contributed by atoms with E-state index in [1.807, 2.05) is 18.3 Å². The monoisotopic (exact) mass is 163 g/mol. The average Bonchev–Trinajstić information content (AvgIpc) is 2.47. The minimum atomic E-state index is 0.487. The van der Waals surface area contributed by atoms with E-state index in [-0.39, 0.29) is 0 Å². The minimum absolute atomic E-state index is 0.487. The van der Waals surface area contributed by atoms with Crippen LogP contribution < -0.4 is 4.74 Å². The molecule has 1 aliphatic heterocycles. The molecule has 0 N–H and O–H groups in total. The van der Waals surface area contributed by atoms with Gasteiger partial charge in [0.1, 0.15) is 5.75 Å². The van der Waals surface area contributed by atoms with E-state index in [1.54, 1.807) is 0 Å². The Morgan fingerprint density at radius 1 is 1.58 bits per heavy atom. The summed E-state index contributed by atoms with van der Waals surface area (Å²) in [6.07, 6.45) is 1.84. The fourth-order valence-electron chi connectivity index (χ4n) is 1.57. The number of hydrogen-bond acceptors (Lipinski definition) is 2. The summed E-state index contributed by atoms with van der Waals surface area (Å²) in [5, 5.41) is 0. The lowest BCUT2D eigenvalue weighted by molar-refractivity contribution is 0.303. The first-order valence-electron chi connectivity index (χ1n) is 4.36. The number of nitrogens with zero attached hydrogens (tertiary/aromatic N) is 1. The molecule has 1 aromatic rings. The number of ether oxygens (including phenoxy) is 1. The van der Waals surface area contributed by atoms with Crippen LogP contribution in [0, 0.1) is 5.92 Å². The number of hydrogen-bond donors (Lipinski definition) is 0. The normalized spacial score (nSPS) is 20.8. The van der Waals surface area contributed by atoms with Gasteiger partial charge >= 0.3 is 0 Å². The largest absolute Gasteiger partial charge is 0.491 e. The van der Waals surface area contributed by atoms with Crippen LogP contribution in [-0.4, -0.2) is 11.6 Å². The lowest BCUT2D eigenvalue weighted by atomic mass is 9.94. The lowest BCUT2D eigenvalue weighted by Gasteiger charge is -2.10. The molecule has 0 amide bonds. The number of fused-ring (bicyclic) bond motifs is 1. The van der Waals surface area contributed by atoms with Gasteiger partial charge in [0.05, 0.1) is 12.3 Å². The van der Waals surface area contributed by atoms with Gasteiger partial charge in [0.25, 0.3) is 0 Å². The Morgan fingerprint density at radius 2 is 2.42 bits per heavy atom. The molecule has 0 aliphatic carbocycles. The highest BCUT2D eigenvalue weighted by Gasteiger charge is 2.27. The molecule has 0 spiro atoms. The summed E-state index contributed by atoms with van der Waals surface area (Å²) in [5.41, 5.74) is 1.13. The summed E-state index contributed by atoms with van der Waals surface area (Å²) in [6.45, 7) is 5.21. The van der Waals surface area contributed by atoms with Crippen LogP contribution in [0.4, 0.5) is 0 Å². The van der Waals surface area contributed by atoms with Crippen molar-refractivity contribution in [3.8, 4) is 5.75 Å².